The number of amides is 1. The van der Waals surface area contributed by atoms with Crippen molar-refractivity contribution < 1.29 is 4.79 Å². The standard InChI is InChI=1S/C9H15N3O/c1-12(6-2-5-10)9(13)7-11-8-3-4-8/h8,11H,2-4,6-7H2,1H3. The van der Waals surface area contributed by atoms with Crippen LogP contribution in [-0.4, -0.2) is 37.0 Å². The van der Waals surface area contributed by atoms with Crippen LogP contribution in [0, 0.1) is 11.3 Å². The number of hydrogen-bond acceptors (Lipinski definition) is 3. The number of hydrogen-bond donors (Lipinski definition) is 1. The molecule has 1 saturated carbocycles. The highest BCUT2D eigenvalue weighted by molar-refractivity contribution is 5.78. The molecule has 1 amide bonds. The molecule has 1 aliphatic carbocycles. The Kier molecular flexibility index (Phi) is 3.71. The Bertz CT molecular complexity index is 217. The summed E-state index contributed by atoms with van der Waals surface area (Å²) in [6, 6.07) is 2.58. The molecule has 0 bridgehead atoms. The van der Waals surface area contributed by atoms with Crippen molar-refractivity contribution in [1.82, 2.24) is 10.2 Å². The van der Waals surface area contributed by atoms with Gasteiger partial charge >= 0.3 is 0 Å². The summed E-state index contributed by atoms with van der Waals surface area (Å²) in [6.07, 6.45) is 2.79. The van der Waals surface area contributed by atoms with Gasteiger partial charge in [-0.15, -0.1) is 0 Å². The molecule has 4 nitrogen and oxygen atoms in total. The van der Waals surface area contributed by atoms with E-state index in [2.05, 4.69) is 5.32 Å². The minimum absolute atomic E-state index is 0.0714. The van der Waals surface area contributed by atoms with Crippen molar-refractivity contribution in [2.45, 2.75) is 25.3 Å². The van der Waals surface area contributed by atoms with Crippen molar-refractivity contribution in [3.63, 3.8) is 0 Å². The molecule has 72 valence electrons. The highest BCUT2D eigenvalue weighted by atomic mass is 16.2. The Morgan fingerprint density at radius 1 is 1.69 bits per heavy atom. The van der Waals surface area contributed by atoms with Crippen molar-refractivity contribution in [3.8, 4) is 6.07 Å². The van der Waals surface area contributed by atoms with E-state index in [9.17, 15) is 4.79 Å². The van der Waals surface area contributed by atoms with Gasteiger partial charge in [-0.3, -0.25) is 4.79 Å². The molecule has 0 aromatic rings. The van der Waals surface area contributed by atoms with Crippen molar-refractivity contribution in [2.75, 3.05) is 20.1 Å². The van der Waals surface area contributed by atoms with E-state index >= 15 is 0 Å². The smallest absolute Gasteiger partial charge is 0.236 e. The molecule has 1 rings (SSSR count). The van der Waals surface area contributed by atoms with Gasteiger partial charge in [0.2, 0.25) is 5.91 Å². The van der Waals surface area contributed by atoms with Gasteiger partial charge in [-0.1, -0.05) is 0 Å². The van der Waals surface area contributed by atoms with Gasteiger partial charge in [-0.2, -0.15) is 5.26 Å². The molecular weight excluding hydrogens is 166 g/mol. The monoisotopic (exact) mass is 181 g/mol. The predicted octanol–water partition coefficient (Wildman–Crippen LogP) is 0.110. The first kappa shape index (κ1) is 10.0. The fourth-order valence-corrected chi connectivity index (χ4v) is 0.996. The summed E-state index contributed by atoms with van der Waals surface area (Å²) in [4.78, 5) is 12.9. The molecular formula is C9H15N3O. The highest BCUT2D eigenvalue weighted by Gasteiger charge is 2.21. The number of likely N-dealkylation sites (N-methyl/N-ethyl adjacent to an activating group) is 1. The first-order chi connectivity index (χ1) is 6.24. The third kappa shape index (κ3) is 3.90. The minimum atomic E-state index is 0.0714. The lowest BCUT2D eigenvalue weighted by molar-refractivity contribution is -0.128. The maximum atomic E-state index is 11.3. The third-order valence-corrected chi connectivity index (χ3v) is 2.10. The summed E-state index contributed by atoms with van der Waals surface area (Å²) < 4.78 is 0. The van der Waals surface area contributed by atoms with E-state index in [0.29, 0.717) is 25.6 Å². The molecule has 0 saturated heterocycles. The molecule has 0 heterocycles. The van der Waals surface area contributed by atoms with Gasteiger partial charge in [0.15, 0.2) is 0 Å². The van der Waals surface area contributed by atoms with Crippen molar-refractivity contribution in [3.05, 3.63) is 0 Å². The second-order valence-electron chi connectivity index (χ2n) is 3.38. The molecule has 0 aliphatic heterocycles. The number of nitrogens with one attached hydrogen (secondary N) is 1. The van der Waals surface area contributed by atoms with E-state index in [-0.39, 0.29) is 5.91 Å². The third-order valence-electron chi connectivity index (χ3n) is 2.10. The zero-order valence-electron chi connectivity index (χ0n) is 7.92. The summed E-state index contributed by atoms with van der Waals surface area (Å²) in [7, 11) is 1.73. The second-order valence-corrected chi connectivity index (χ2v) is 3.38. The van der Waals surface area contributed by atoms with E-state index in [1.54, 1.807) is 11.9 Å². The van der Waals surface area contributed by atoms with Crippen LogP contribution < -0.4 is 5.32 Å². The Hall–Kier alpha value is -1.08. The highest BCUT2D eigenvalue weighted by Crippen LogP contribution is 2.17. The quantitative estimate of drug-likeness (QED) is 0.655. The predicted molar refractivity (Wildman–Crippen MR) is 48.9 cm³/mol. The Balaban J connectivity index is 2.09. The normalized spacial score (nSPS) is 15.1. The average molecular weight is 181 g/mol. The molecule has 1 aliphatic rings. The van der Waals surface area contributed by atoms with Crippen LogP contribution in [0.5, 0.6) is 0 Å². The van der Waals surface area contributed by atoms with E-state index < -0.39 is 0 Å². The van der Waals surface area contributed by atoms with Crippen molar-refractivity contribution in [1.29, 1.82) is 5.26 Å². The van der Waals surface area contributed by atoms with Gasteiger partial charge in [-0.25, -0.2) is 0 Å². The van der Waals surface area contributed by atoms with Crippen LogP contribution >= 0.6 is 0 Å². The summed E-state index contributed by atoms with van der Waals surface area (Å²) in [6.45, 7) is 0.939. The van der Waals surface area contributed by atoms with E-state index in [0.717, 1.165) is 0 Å². The first-order valence-electron chi connectivity index (χ1n) is 4.58. The van der Waals surface area contributed by atoms with Crippen LogP contribution in [0.15, 0.2) is 0 Å². The molecule has 0 aromatic carbocycles. The van der Waals surface area contributed by atoms with E-state index in [4.69, 9.17) is 5.26 Å². The Labute approximate surface area is 78.5 Å². The molecule has 0 unspecified atom stereocenters. The molecule has 0 atom stereocenters. The number of carbonyl (C=O) groups is 1. The van der Waals surface area contributed by atoms with Crippen LogP contribution in [0.2, 0.25) is 0 Å². The summed E-state index contributed by atoms with van der Waals surface area (Å²) >= 11 is 0. The lowest BCUT2D eigenvalue weighted by Gasteiger charge is -2.15. The van der Waals surface area contributed by atoms with Gasteiger partial charge in [0, 0.05) is 19.6 Å². The number of rotatable bonds is 5. The molecule has 1 fully saturated rings. The van der Waals surface area contributed by atoms with Crippen LogP contribution in [0.1, 0.15) is 19.3 Å². The van der Waals surface area contributed by atoms with Gasteiger partial charge in [0.1, 0.15) is 0 Å². The van der Waals surface area contributed by atoms with Gasteiger partial charge in [-0.05, 0) is 12.8 Å². The SMILES string of the molecule is CN(CCC#N)C(=O)CNC1CC1. The van der Waals surface area contributed by atoms with E-state index in [1.165, 1.54) is 12.8 Å². The van der Waals surface area contributed by atoms with Gasteiger partial charge in [0.25, 0.3) is 0 Å². The lowest BCUT2D eigenvalue weighted by Crippen LogP contribution is -2.36. The molecule has 0 spiro atoms. The summed E-state index contributed by atoms with van der Waals surface area (Å²) in [5.41, 5.74) is 0. The van der Waals surface area contributed by atoms with E-state index in [1.807, 2.05) is 6.07 Å². The summed E-state index contributed by atoms with van der Waals surface area (Å²) in [5.74, 6) is 0.0714. The fourth-order valence-electron chi connectivity index (χ4n) is 0.996. The molecule has 1 N–H and O–H groups in total. The van der Waals surface area contributed by atoms with Gasteiger partial charge in [0.05, 0.1) is 19.0 Å². The van der Waals surface area contributed by atoms with Gasteiger partial charge < -0.3 is 10.2 Å². The number of carbonyl (C=O) groups excluding carboxylic acids is 1. The average Bonchev–Trinajstić information content (AvgIpc) is 2.93. The number of nitrogens with zero attached hydrogens (tertiary/aromatic N) is 2. The zero-order valence-corrected chi connectivity index (χ0v) is 7.92. The van der Waals surface area contributed by atoms with Crippen LogP contribution in [0.4, 0.5) is 0 Å². The molecule has 4 heteroatoms. The maximum absolute atomic E-state index is 11.3. The Morgan fingerprint density at radius 3 is 2.92 bits per heavy atom. The first-order valence-corrected chi connectivity index (χ1v) is 4.58. The summed E-state index contributed by atoms with van der Waals surface area (Å²) in [5, 5.41) is 11.5. The lowest BCUT2D eigenvalue weighted by atomic mass is 10.4. The molecule has 0 radical (unpaired) electrons. The molecule has 0 aromatic heterocycles. The van der Waals surface area contributed by atoms with Crippen LogP contribution in [0.3, 0.4) is 0 Å². The van der Waals surface area contributed by atoms with Crippen LogP contribution in [0.25, 0.3) is 0 Å². The zero-order chi connectivity index (χ0) is 9.68. The van der Waals surface area contributed by atoms with Crippen molar-refractivity contribution in [2.24, 2.45) is 0 Å². The molecule has 13 heavy (non-hydrogen) atoms. The fraction of sp³-hybridized carbons (Fsp3) is 0.778. The van der Waals surface area contributed by atoms with Crippen molar-refractivity contribution >= 4 is 5.91 Å². The van der Waals surface area contributed by atoms with Crippen LogP contribution in [-0.2, 0) is 4.79 Å². The number of nitriles is 1. The minimum Gasteiger partial charge on any atom is -0.344 e. The largest absolute Gasteiger partial charge is 0.344 e. The maximum Gasteiger partial charge on any atom is 0.236 e. The second kappa shape index (κ2) is 4.83. The topological polar surface area (TPSA) is 56.1 Å². The Morgan fingerprint density at radius 2 is 2.38 bits per heavy atom.